The number of pyridine rings is 1. The summed E-state index contributed by atoms with van der Waals surface area (Å²) in [7, 11) is 1.35. The molecule has 9 heteroatoms. The molecule has 5 atom stereocenters. The van der Waals surface area contributed by atoms with Gasteiger partial charge >= 0.3 is 6.18 Å². The number of halogens is 3. The van der Waals surface area contributed by atoms with Crippen molar-refractivity contribution in [1.82, 2.24) is 20.0 Å². The maximum absolute atomic E-state index is 13.1. The Morgan fingerprint density at radius 2 is 2.12 bits per heavy atom. The highest BCUT2D eigenvalue weighted by Crippen LogP contribution is 2.75. The van der Waals surface area contributed by atoms with Gasteiger partial charge in [0.1, 0.15) is 17.6 Å². The summed E-state index contributed by atoms with van der Waals surface area (Å²) in [6, 6.07) is 5.30. The average Bonchev–Trinajstić information content (AvgIpc) is 3.09. The molecular weight excluding hydrogens is 433 g/mol. The number of methoxy groups -OCH3 is 1. The first-order valence-corrected chi connectivity index (χ1v) is 11.7. The molecule has 5 unspecified atom stereocenters. The predicted octanol–water partition coefficient (Wildman–Crippen LogP) is 3.95. The normalized spacial score (nSPS) is 31.4. The fraction of sp³-hybridized carbons (Fsp3) is 0.667. The zero-order valence-corrected chi connectivity index (χ0v) is 19.0. The summed E-state index contributed by atoms with van der Waals surface area (Å²) in [6.07, 6.45) is 3.03. The van der Waals surface area contributed by atoms with Gasteiger partial charge in [-0.1, -0.05) is 13.0 Å². The number of amides is 1. The summed E-state index contributed by atoms with van der Waals surface area (Å²) in [5.74, 6) is 1.41. The third kappa shape index (κ3) is 4.49. The van der Waals surface area contributed by atoms with E-state index in [2.05, 4.69) is 22.5 Å². The summed E-state index contributed by atoms with van der Waals surface area (Å²) in [6.45, 7) is 1.89. The standard InChI is InChI=1S/C24H31F3N4O2/c1-15-7-22(9-16-10-23(16,8-15)12-22)13-29-21(32)18-4-3-5-19-30-17(11-31(18)19)6-20(33-2)28-14-24(25,26)27/h3-5,11,15-16,20,28H,6-10,12-14H2,1-2H3,(H,29,32). The number of fused-ring (bicyclic) bond motifs is 2. The molecule has 3 fully saturated rings. The van der Waals surface area contributed by atoms with Crippen LogP contribution in [0.2, 0.25) is 0 Å². The average molecular weight is 465 g/mol. The van der Waals surface area contributed by atoms with E-state index in [1.807, 2.05) is 0 Å². The van der Waals surface area contributed by atoms with Gasteiger partial charge in [-0.2, -0.15) is 13.2 Å². The molecule has 2 heterocycles. The molecule has 3 aliphatic carbocycles. The van der Waals surface area contributed by atoms with E-state index in [0.717, 1.165) is 5.92 Å². The van der Waals surface area contributed by atoms with Crippen molar-refractivity contribution in [1.29, 1.82) is 0 Å². The topological polar surface area (TPSA) is 67.7 Å². The van der Waals surface area contributed by atoms with Gasteiger partial charge in [0, 0.05) is 26.3 Å². The number of nitrogens with zero attached hydrogens (tertiary/aromatic N) is 2. The van der Waals surface area contributed by atoms with E-state index >= 15 is 0 Å². The lowest BCUT2D eigenvalue weighted by molar-refractivity contribution is -0.132. The Morgan fingerprint density at radius 3 is 2.88 bits per heavy atom. The predicted molar refractivity (Wildman–Crippen MR) is 117 cm³/mol. The first-order valence-electron chi connectivity index (χ1n) is 11.7. The number of rotatable bonds is 8. The van der Waals surface area contributed by atoms with Crippen LogP contribution in [-0.4, -0.2) is 47.9 Å². The molecule has 0 radical (unpaired) electrons. The van der Waals surface area contributed by atoms with Gasteiger partial charge in [-0.05, 0) is 66.9 Å². The minimum absolute atomic E-state index is 0.148. The molecule has 3 aliphatic rings. The van der Waals surface area contributed by atoms with Crippen molar-refractivity contribution in [3.8, 4) is 0 Å². The number of imidazole rings is 1. The van der Waals surface area contributed by atoms with Crippen molar-refractivity contribution in [2.75, 3.05) is 20.2 Å². The van der Waals surface area contributed by atoms with Crippen molar-refractivity contribution < 1.29 is 22.7 Å². The van der Waals surface area contributed by atoms with E-state index in [4.69, 9.17) is 4.74 Å². The molecule has 1 spiro atoms. The summed E-state index contributed by atoms with van der Waals surface area (Å²) in [5, 5.41) is 5.53. The molecule has 5 rings (SSSR count). The lowest BCUT2D eigenvalue weighted by Crippen LogP contribution is -2.41. The van der Waals surface area contributed by atoms with Gasteiger partial charge in [0.2, 0.25) is 0 Å². The second kappa shape index (κ2) is 7.98. The van der Waals surface area contributed by atoms with Crippen LogP contribution in [0.15, 0.2) is 24.4 Å². The summed E-state index contributed by atoms with van der Waals surface area (Å²) in [4.78, 5) is 17.6. The third-order valence-corrected chi connectivity index (χ3v) is 7.91. The van der Waals surface area contributed by atoms with Gasteiger partial charge in [-0.15, -0.1) is 0 Å². The first kappa shape index (κ1) is 22.7. The minimum atomic E-state index is -4.32. The van der Waals surface area contributed by atoms with Crippen LogP contribution in [-0.2, 0) is 11.2 Å². The monoisotopic (exact) mass is 464 g/mol. The SMILES string of the molecule is COC(Cc1cn2c(C(=O)NCC34CC(C)CC5(CC5C3)C4)cccc2n1)NCC(F)(F)F. The van der Waals surface area contributed by atoms with E-state index in [1.54, 1.807) is 28.8 Å². The molecule has 2 aromatic rings. The van der Waals surface area contributed by atoms with Crippen LogP contribution in [0, 0.1) is 22.7 Å². The fourth-order valence-corrected chi connectivity index (χ4v) is 6.83. The Balaban J connectivity index is 1.27. The van der Waals surface area contributed by atoms with E-state index in [9.17, 15) is 18.0 Å². The molecule has 3 saturated carbocycles. The van der Waals surface area contributed by atoms with Crippen molar-refractivity contribution in [3.05, 3.63) is 35.8 Å². The van der Waals surface area contributed by atoms with Crippen LogP contribution < -0.4 is 10.6 Å². The second-order valence-electron chi connectivity index (χ2n) is 10.6. The van der Waals surface area contributed by atoms with Crippen LogP contribution in [0.3, 0.4) is 0 Å². The quantitative estimate of drug-likeness (QED) is 0.581. The third-order valence-electron chi connectivity index (χ3n) is 7.91. The zero-order valence-electron chi connectivity index (χ0n) is 19.0. The number of nitrogens with one attached hydrogen (secondary N) is 2. The maximum atomic E-state index is 13.1. The maximum Gasteiger partial charge on any atom is 0.401 e. The molecule has 1 amide bonds. The summed E-state index contributed by atoms with van der Waals surface area (Å²) < 4.78 is 44.4. The van der Waals surface area contributed by atoms with Crippen LogP contribution >= 0.6 is 0 Å². The zero-order chi connectivity index (χ0) is 23.4. The number of alkyl halides is 3. The Bertz CT molecular complexity index is 1050. The fourth-order valence-electron chi connectivity index (χ4n) is 6.83. The molecule has 6 nitrogen and oxygen atoms in total. The molecule has 2 bridgehead atoms. The highest BCUT2D eigenvalue weighted by atomic mass is 19.4. The lowest BCUT2D eigenvalue weighted by atomic mass is 9.67. The number of carbonyl (C=O) groups excluding carboxylic acids is 1. The lowest BCUT2D eigenvalue weighted by Gasteiger charge is -2.40. The Kier molecular flexibility index (Phi) is 5.47. The minimum Gasteiger partial charge on any atom is -0.366 e. The summed E-state index contributed by atoms with van der Waals surface area (Å²) in [5.41, 5.74) is 2.38. The van der Waals surface area contributed by atoms with Gasteiger partial charge in [0.15, 0.2) is 0 Å². The van der Waals surface area contributed by atoms with Crippen LogP contribution in [0.5, 0.6) is 0 Å². The smallest absolute Gasteiger partial charge is 0.366 e. The van der Waals surface area contributed by atoms with Gasteiger partial charge < -0.3 is 10.1 Å². The van der Waals surface area contributed by atoms with E-state index in [0.29, 0.717) is 34.9 Å². The number of ether oxygens (including phenoxy) is 1. The van der Waals surface area contributed by atoms with Crippen molar-refractivity contribution in [3.63, 3.8) is 0 Å². The second-order valence-corrected chi connectivity index (χ2v) is 10.6. The Hall–Kier alpha value is -2.13. The molecule has 0 saturated heterocycles. The number of hydrogen-bond acceptors (Lipinski definition) is 4. The highest BCUT2D eigenvalue weighted by molar-refractivity contribution is 5.93. The number of aromatic nitrogens is 2. The number of hydrogen-bond donors (Lipinski definition) is 2. The molecule has 2 aromatic heterocycles. The van der Waals surface area contributed by atoms with Crippen LogP contribution in [0.4, 0.5) is 13.2 Å². The molecule has 180 valence electrons. The van der Waals surface area contributed by atoms with Crippen molar-refractivity contribution in [2.45, 2.75) is 57.9 Å². The van der Waals surface area contributed by atoms with Crippen LogP contribution in [0.25, 0.3) is 5.65 Å². The van der Waals surface area contributed by atoms with Gasteiger partial charge in [-0.25, -0.2) is 4.98 Å². The Morgan fingerprint density at radius 1 is 1.30 bits per heavy atom. The van der Waals surface area contributed by atoms with Crippen molar-refractivity contribution >= 4 is 11.6 Å². The first-order chi connectivity index (χ1) is 15.6. The molecule has 0 aromatic carbocycles. The molecular formula is C24H31F3N4O2. The number of carbonyl (C=O) groups is 1. The van der Waals surface area contributed by atoms with Crippen LogP contribution in [0.1, 0.15) is 55.2 Å². The summed E-state index contributed by atoms with van der Waals surface area (Å²) >= 11 is 0. The highest BCUT2D eigenvalue weighted by Gasteiger charge is 2.67. The van der Waals surface area contributed by atoms with Gasteiger partial charge in [0.25, 0.3) is 5.91 Å². The van der Waals surface area contributed by atoms with Gasteiger partial charge in [0.05, 0.1) is 12.2 Å². The largest absolute Gasteiger partial charge is 0.401 e. The molecule has 33 heavy (non-hydrogen) atoms. The van der Waals surface area contributed by atoms with E-state index < -0.39 is 18.9 Å². The molecule has 2 N–H and O–H groups in total. The van der Waals surface area contributed by atoms with E-state index in [1.165, 1.54) is 39.2 Å². The molecule has 0 aliphatic heterocycles. The van der Waals surface area contributed by atoms with E-state index in [-0.39, 0.29) is 17.7 Å². The van der Waals surface area contributed by atoms with Gasteiger partial charge in [-0.3, -0.25) is 14.5 Å². The van der Waals surface area contributed by atoms with Crippen molar-refractivity contribution in [2.24, 2.45) is 22.7 Å². The Labute approximate surface area is 191 Å².